The van der Waals surface area contributed by atoms with Gasteiger partial charge in [0.05, 0.1) is 0 Å². The highest BCUT2D eigenvalue weighted by Gasteiger charge is 2.22. The Balaban J connectivity index is 1.47. The van der Waals surface area contributed by atoms with Gasteiger partial charge in [0, 0.05) is 48.8 Å². The number of thiocarbonyl (C=S) groups is 1. The molecule has 0 radical (unpaired) electrons. The van der Waals surface area contributed by atoms with Gasteiger partial charge >= 0.3 is 0 Å². The van der Waals surface area contributed by atoms with Crippen LogP contribution in [0.4, 0.5) is 0 Å². The van der Waals surface area contributed by atoms with E-state index >= 15 is 0 Å². The number of nitrogens with one attached hydrogen (secondary N) is 1. The van der Waals surface area contributed by atoms with Crippen LogP contribution >= 0.6 is 35.4 Å². The van der Waals surface area contributed by atoms with Gasteiger partial charge < -0.3 is 10.2 Å². The lowest BCUT2D eigenvalue weighted by Crippen LogP contribution is -2.52. The van der Waals surface area contributed by atoms with Crippen LogP contribution in [0.5, 0.6) is 0 Å². The number of benzene rings is 1. The topological polar surface area (TPSA) is 18.5 Å². The summed E-state index contributed by atoms with van der Waals surface area (Å²) < 4.78 is 0. The summed E-state index contributed by atoms with van der Waals surface area (Å²) >= 11 is 17.8. The lowest BCUT2D eigenvalue weighted by atomic mass is 10.2. The molecule has 2 aliphatic rings. The molecule has 0 aromatic heterocycles. The Labute approximate surface area is 153 Å². The molecule has 1 saturated carbocycles. The van der Waals surface area contributed by atoms with Gasteiger partial charge in [0.1, 0.15) is 0 Å². The van der Waals surface area contributed by atoms with Crippen molar-refractivity contribution in [3.63, 3.8) is 0 Å². The Morgan fingerprint density at radius 1 is 1.13 bits per heavy atom. The van der Waals surface area contributed by atoms with Crippen LogP contribution in [0.15, 0.2) is 18.2 Å². The molecule has 23 heavy (non-hydrogen) atoms. The first-order valence-corrected chi connectivity index (χ1v) is 9.50. The summed E-state index contributed by atoms with van der Waals surface area (Å²) in [5.74, 6) is 0. The lowest BCUT2D eigenvalue weighted by molar-refractivity contribution is 0.174. The number of halogens is 2. The standard InChI is InChI=1S/C17H23Cl2N3S/c18-14-6-5-13(16(19)11-14)12-21-7-9-22(10-8-21)17(23)20-15-3-1-2-4-15/h5-6,11,15H,1-4,7-10,12H2,(H,20,23). The van der Waals surface area contributed by atoms with Gasteiger partial charge in [-0.15, -0.1) is 0 Å². The molecule has 3 rings (SSSR count). The molecule has 1 aromatic carbocycles. The summed E-state index contributed by atoms with van der Waals surface area (Å²) in [6.45, 7) is 4.83. The average Bonchev–Trinajstić information content (AvgIpc) is 3.04. The molecule has 0 bridgehead atoms. The first kappa shape index (κ1) is 17.3. The second-order valence-electron chi connectivity index (χ2n) is 6.43. The number of rotatable bonds is 3. The fourth-order valence-electron chi connectivity index (χ4n) is 3.34. The Bertz CT molecular complexity index is 553. The predicted molar refractivity (Wildman–Crippen MR) is 101 cm³/mol. The van der Waals surface area contributed by atoms with E-state index < -0.39 is 0 Å². The highest BCUT2D eigenvalue weighted by atomic mass is 35.5. The molecule has 126 valence electrons. The van der Waals surface area contributed by atoms with Crippen LogP contribution in [0.2, 0.25) is 10.0 Å². The molecular weight excluding hydrogens is 349 g/mol. The van der Waals surface area contributed by atoms with E-state index in [1.165, 1.54) is 25.7 Å². The van der Waals surface area contributed by atoms with Gasteiger partial charge in [-0.2, -0.15) is 0 Å². The van der Waals surface area contributed by atoms with Crippen LogP contribution in [-0.2, 0) is 6.54 Å². The lowest BCUT2D eigenvalue weighted by Gasteiger charge is -2.37. The molecule has 1 aliphatic carbocycles. The van der Waals surface area contributed by atoms with Gasteiger partial charge in [0.25, 0.3) is 0 Å². The van der Waals surface area contributed by atoms with Gasteiger partial charge in [-0.25, -0.2) is 0 Å². The van der Waals surface area contributed by atoms with Crippen LogP contribution in [0.1, 0.15) is 31.2 Å². The fourth-order valence-corrected chi connectivity index (χ4v) is 4.15. The molecule has 1 aromatic rings. The first-order valence-electron chi connectivity index (χ1n) is 8.33. The van der Waals surface area contributed by atoms with Crippen LogP contribution in [0.25, 0.3) is 0 Å². The van der Waals surface area contributed by atoms with Crippen molar-refractivity contribution in [3.05, 3.63) is 33.8 Å². The average molecular weight is 372 g/mol. The van der Waals surface area contributed by atoms with Crippen molar-refractivity contribution in [2.45, 2.75) is 38.3 Å². The minimum atomic E-state index is 0.591. The highest BCUT2D eigenvalue weighted by Crippen LogP contribution is 2.23. The molecule has 6 heteroatoms. The maximum atomic E-state index is 6.27. The van der Waals surface area contributed by atoms with Crippen molar-refractivity contribution in [3.8, 4) is 0 Å². The maximum absolute atomic E-state index is 6.27. The predicted octanol–water partition coefficient (Wildman–Crippen LogP) is 3.93. The molecule has 2 fully saturated rings. The fraction of sp³-hybridized carbons (Fsp3) is 0.588. The molecule has 1 aliphatic heterocycles. The molecule has 1 saturated heterocycles. The minimum absolute atomic E-state index is 0.591. The van der Waals surface area contributed by atoms with Gasteiger partial charge in [0.2, 0.25) is 0 Å². The summed E-state index contributed by atoms with van der Waals surface area (Å²) in [4.78, 5) is 4.72. The molecular formula is C17H23Cl2N3S. The summed E-state index contributed by atoms with van der Waals surface area (Å²) in [5, 5.41) is 5.90. The molecule has 0 unspecified atom stereocenters. The summed E-state index contributed by atoms with van der Waals surface area (Å²) in [5.41, 5.74) is 1.14. The zero-order valence-electron chi connectivity index (χ0n) is 13.2. The van der Waals surface area contributed by atoms with E-state index in [2.05, 4.69) is 15.1 Å². The number of hydrogen-bond donors (Lipinski definition) is 1. The van der Waals surface area contributed by atoms with Crippen molar-refractivity contribution in [2.24, 2.45) is 0 Å². The highest BCUT2D eigenvalue weighted by molar-refractivity contribution is 7.80. The molecule has 0 atom stereocenters. The monoisotopic (exact) mass is 371 g/mol. The van der Waals surface area contributed by atoms with Crippen molar-refractivity contribution in [1.29, 1.82) is 0 Å². The van der Waals surface area contributed by atoms with Crippen molar-refractivity contribution < 1.29 is 0 Å². The first-order chi connectivity index (χ1) is 11.1. The van der Waals surface area contributed by atoms with Crippen LogP contribution in [0, 0.1) is 0 Å². The second-order valence-corrected chi connectivity index (χ2v) is 7.66. The molecule has 3 nitrogen and oxygen atoms in total. The normalized spacial score (nSPS) is 20.0. The van der Waals surface area contributed by atoms with Crippen LogP contribution in [-0.4, -0.2) is 47.1 Å². The van der Waals surface area contributed by atoms with Gasteiger partial charge in [0.15, 0.2) is 5.11 Å². The minimum Gasteiger partial charge on any atom is -0.360 e. The summed E-state index contributed by atoms with van der Waals surface area (Å²) in [6, 6.07) is 6.33. The summed E-state index contributed by atoms with van der Waals surface area (Å²) in [6.07, 6.45) is 5.18. The Hall–Kier alpha value is -0.550. The van der Waals surface area contributed by atoms with Crippen molar-refractivity contribution in [2.75, 3.05) is 26.2 Å². The number of piperazine rings is 1. The smallest absolute Gasteiger partial charge is 0.169 e. The molecule has 1 N–H and O–H groups in total. The van der Waals surface area contributed by atoms with Crippen LogP contribution < -0.4 is 5.32 Å². The van der Waals surface area contributed by atoms with E-state index in [0.717, 1.165) is 48.4 Å². The van der Waals surface area contributed by atoms with Crippen molar-refractivity contribution >= 4 is 40.5 Å². The largest absolute Gasteiger partial charge is 0.360 e. The Morgan fingerprint density at radius 2 is 1.83 bits per heavy atom. The van der Waals surface area contributed by atoms with E-state index in [0.29, 0.717) is 11.1 Å². The van der Waals surface area contributed by atoms with Crippen molar-refractivity contribution in [1.82, 2.24) is 15.1 Å². The Kier molecular flexibility index (Phi) is 6.02. The SMILES string of the molecule is S=C(NC1CCCC1)N1CCN(Cc2ccc(Cl)cc2Cl)CC1. The quantitative estimate of drug-likeness (QED) is 0.810. The molecule has 0 spiro atoms. The van der Waals surface area contributed by atoms with E-state index in [4.69, 9.17) is 35.4 Å². The Morgan fingerprint density at radius 3 is 2.48 bits per heavy atom. The van der Waals surface area contributed by atoms with Gasteiger partial charge in [-0.05, 0) is 42.8 Å². The van der Waals surface area contributed by atoms with Crippen LogP contribution in [0.3, 0.4) is 0 Å². The van der Waals surface area contributed by atoms with E-state index in [9.17, 15) is 0 Å². The third-order valence-electron chi connectivity index (χ3n) is 4.75. The maximum Gasteiger partial charge on any atom is 0.169 e. The zero-order chi connectivity index (χ0) is 16.2. The van der Waals surface area contributed by atoms with E-state index in [-0.39, 0.29) is 0 Å². The van der Waals surface area contributed by atoms with Gasteiger partial charge in [-0.1, -0.05) is 42.1 Å². The number of hydrogen-bond acceptors (Lipinski definition) is 2. The third-order valence-corrected chi connectivity index (χ3v) is 5.71. The molecule has 1 heterocycles. The summed E-state index contributed by atoms with van der Waals surface area (Å²) in [7, 11) is 0. The third kappa shape index (κ3) is 4.72. The molecule has 0 amide bonds. The second kappa shape index (κ2) is 8.02. The van der Waals surface area contributed by atoms with E-state index in [1.807, 2.05) is 18.2 Å². The zero-order valence-corrected chi connectivity index (χ0v) is 15.6. The number of nitrogens with zero attached hydrogens (tertiary/aromatic N) is 2. The van der Waals surface area contributed by atoms with Gasteiger partial charge in [-0.3, -0.25) is 4.90 Å². The van der Waals surface area contributed by atoms with E-state index in [1.54, 1.807) is 0 Å².